The molecule has 2 saturated heterocycles. The lowest BCUT2D eigenvalue weighted by Crippen LogP contribution is -2.65. The molecule has 2 heterocycles. The number of carbonyl (C=O) groups is 3. The van der Waals surface area contributed by atoms with Gasteiger partial charge in [0.2, 0.25) is 0 Å². The number of esters is 3. The molecule has 8 heteroatoms. The van der Waals surface area contributed by atoms with Gasteiger partial charge in [-0.15, -0.1) is 6.58 Å². The molecule has 8 nitrogen and oxygen atoms in total. The Hall–Kier alpha value is -2.19. The predicted octanol–water partition coefficient (Wildman–Crippen LogP) is -0.512. The number of aliphatic hydroxyl groups excluding tert-OH is 2. The Morgan fingerprint density at radius 2 is 2.16 bits per heavy atom. The van der Waals surface area contributed by atoms with Crippen molar-refractivity contribution in [1.82, 2.24) is 0 Å². The normalized spacial score (nSPS) is 39.8. The second-order valence-corrected chi connectivity index (χ2v) is 6.59. The number of cyclic esters (lactones) is 1. The fourth-order valence-corrected chi connectivity index (χ4v) is 4.11. The van der Waals surface area contributed by atoms with Gasteiger partial charge in [-0.25, -0.2) is 4.79 Å². The third kappa shape index (κ3) is 2.56. The molecule has 2 aliphatic heterocycles. The van der Waals surface area contributed by atoms with E-state index in [1.165, 1.54) is 6.08 Å². The number of fused-ring (bicyclic) bond motifs is 3. The summed E-state index contributed by atoms with van der Waals surface area (Å²) in [5.41, 5.74) is -1.09. The summed E-state index contributed by atoms with van der Waals surface area (Å²) in [6.45, 7) is 6.90. The molecular weight excluding hydrogens is 332 g/mol. The maximum Gasteiger partial charge on any atom is 0.333 e. The largest absolute Gasteiger partial charge is 0.461 e. The molecule has 6 atom stereocenters. The molecule has 0 radical (unpaired) electrons. The number of rotatable bonds is 4. The standard InChI is InChI=1S/C17H20O8/c1-3-17-7-23-16(22)8(2)12(17)13-9(6-11(20)25-13)14(15(17)21)24-10(19)4-5-18/h3,9,12-15,18,21H,1-2,4-7H2/t9-,12+,13-,14+,15+,17+/m1/s1. The lowest BCUT2D eigenvalue weighted by molar-refractivity contribution is -0.210. The van der Waals surface area contributed by atoms with Gasteiger partial charge in [0.15, 0.2) is 0 Å². The van der Waals surface area contributed by atoms with Crippen molar-refractivity contribution in [2.45, 2.75) is 31.2 Å². The van der Waals surface area contributed by atoms with Gasteiger partial charge in [-0.1, -0.05) is 12.7 Å². The van der Waals surface area contributed by atoms with Crippen LogP contribution in [0.4, 0.5) is 0 Å². The van der Waals surface area contributed by atoms with Crippen LogP contribution in [0.1, 0.15) is 12.8 Å². The summed E-state index contributed by atoms with van der Waals surface area (Å²) in [5.74, 6) is -3.14. The van der Waals surface area contributed by atoms with Crippen LogP contribution in [0.25, 0.3) is 0 Å². The Morgan fingerprint density at radius 1 is 1.44 bits per heavy atom. The Labute approximate surface area is 144 Å². The first-order valence-electron chi connectivity index (χ1n) is 8.03. The molecule has 1 saturated carbocycles. The van der Waals surface area contributed by atoms with Crippen LogP contribution in [-0.4, -0.2) is 59.6 Å². The smallest absolute Gasteiger partial charge is 0.333 e. The van der Waals surface area contributed by atoms with Crippen molar-refractivity contribution in [1.29, 1.82) is 0 Å². The van der Waals surface area contributed by atoms with E-state index in [0.717, 1.165) is 0 Å². The monoisotopic (exact) mass is 352 g/mol. The highest BCUT2D eigenvalue weighted by Crippen LogP contribution is 2.54. The van der Waals surface area contributed by atoms with Gasteiger partial charge in [0.05, 0.1) is 24.9 Å². The molecule has 0 aromatic heterocycles. The topological polar surface area (TPSA) is 119 Å². The first-order valence-corrected chi connectivity index (χ1v) is 8.03. The molecule has 0 aromatic rings. The van der Waals surface area contributed by atoms with Gasteiger partial charge in [0.25, 0.3) is 0 Å². The number of ether oxygens (including phenoxy) is 3. The summed E-state index contributed by atoms with van der Waals surface area (Å²) in [6.07, 6.45) is -1.93. The van der Waals surface area contributed by atoms with E-state index in [0.29, 0.717) is 0 Å². The van der Waals surface area contributed by atoms with Crippen molar-refractivity contribution in [3.05, 3.63) is 24.8 Å². The fourth-order valence-electron chi connectivity index (χ4n) is 4.11. The second-order valence-electron chi connectivity index (χ2n) is 6.59. The minimum absolute atomic E-state index is 0.0507. The van der Waals surface area contributed by atoms with Gasteiger partial charge >= 0.3 is 17.9 Å². The molecule has 1 aliphatic carbocycles. The minimum Gasteiger partial charge on any atom is -0.461 e. The van der Waals surface area contributed by atoms with Crippen LogP contribution in [-0.2, 0) is 28.6 Å². The summed E-state index contributed by atoms with van der Waals surface area (Å²) < 4.78 is 15.8. The summed E-state index contributed by atoms with van der Waals surface area (Å²) >= 11 is 0. The third-order valence-corrected chi connectivity index (χ3v) is 5.34. The van der Waals surface area contributed by atoms with Gasteiger partial charge < -0.3 is 24.4 Å². The quantitative estimate of drug-likeness (QED) is 0.300. The predicted molar refractivity (Wildman–Crippen MR) is 81.8 cm³/mol. The van der Waals surface area contributed by atoms with Crippen molar-refractivity contribution >= 4 is 17.9 Å². The molecular formula is C17H20O8. The lowest BCUT2D eigenvalue weighted by atomic mass is 9.56. The highest BCUT2D eigenvalue weighted by atomic mass is 16.6. The molecule has 3 aliphatic rings. The van der Waals surface area contributed by atoms with Crippen LogP contribution in [0.15, 0.2) is 24.8 Å². The summed E-state index contributed by atoms with van der Waals surface area (Å²) in [7, 11) is 0. The molecule has 136 valence electrons. The zero-order chi connectivity index (χ0) is 18.4. The maximum atomic E-state index is 11.9. The number of hydrogen-bond donors (Lipinski definition) is 2. The summed E-state index contributed by atoms with van der Waals surface area (Å²) in [5, 5.41) is 19.8. The molecule has 0 bridgehead atoms. The molecule has 3 fully saturated rings. The average molecular weight is 352 g/mol. The van der Waals surface area contributed by atoms with Gasteiger partial charge in [-0.05, 0) is 0 Å². The van der Waals surface area contributed by atoms with Crippen LogP contribution >= 0.6 is 0 Å². The van der Waals surface area contributed by atoms with Gasteiger partial charge in [-0.2, -0.15) is 0 Å². The van der Waals surface area contributed by atoms with E-state index < -0.39 is 60.1 Å². The van der Waals surface area contributed by atoms with Crippen molar-refractivity contribution < 1.29 is 38.8 Å². The SMILES string of the molecule is C=C[C@]12COC(=O)C(=C)[C@H]1[C@@H]1OC(=O)C[C@H]1[C@H](OC(=O)CCO)[C@@H]2O. The zero-order valence-electron chi connectivity index (χ0n) is 13.6. The Bertz CT molecular complexity index is 641. The van der Waals surface area contributed by atoms with E-state index >= 15 is 0 Å². The number of carbonyl (C=O) groups excluding carboxylic acids is 3. The van der Waals surface area contributed by atoms with E-state index in [4.69, 9.17) is 19.3 Å². The van der Waals surface area contributed by atoms with Crippen LogP contribution < -0.4 is 0 Å². The highest BCUT2D eigenvalue weighted by Gasteiger charge is 2.66. The number of aliphatic hydroxyl groups is 2. The average Bonchev–Trinajstić information content (AvgIpc) is 2.95. The minimum atomic E-state index is -1.27. The highest BCUT2D eigenvalue weighted by molar-refractivity contribution is 5.90. The second kappa shape index (κ2) is 6.27. The van der Waals surface area contributed by atoms with Crippen LogP contribution in [0.2, 0.25) is 0 Å². The van der Waals surface area contributed by atoms with Crippen LogP contribution in [0.5, 0.6) is 0 Å². The van der Waals surface area contributed by atoms with E-state index in [1.54, 1.807) is 0 Å². The van der Waals surface area contributed by atoms with E-state index in [-0.39, 0.29) is 25.0 Å². The Balaban J connectivity index is 2.02. The molecule has 25 heavy (non-hydrogen) atoms. The molecule has 2 N–H and O–H groups in total. The Morgan fingerprint density at radius 3 is 2.80 bits per heavy atom. The molecule has 0 aromatic carbocycles. The van der Waals surface area contributed by atoms with Gasteiger partial charge in [0.1, 0.15) is 24.9 Å². The summed E-state index contributed by atoms with van der Waals surface area (Å²) in [4.78, 5) is 35.7. The lowest BCUT2D eigenvalue weighted by Gasteiger charge is -2.54. The van der Waals surface area contributed by atoms with E-state index in [2.05, 4.69) is 13.2 Å². The Kier molecular flexibility index (Phi) is 4.42. The van der Waals surface area contributed by atoms with Crippen LogP contribution in [0, 0.1) is 17.3 Å². The van der Waals surface area contributed by atoms with Crippen molar-refractivity contribution in [3.63, 3.8) is 0 Å². The van der Waals surface area contributed by atoms with Crippen molar-refractivity contribution in [3.8, 4) is 0 Å². The summed E-state index contributed by atoms with van der Waals surface area (Å²) in [6, 6.07) is 0. The van der Waals surface area contributed by atoms with Crippen molar-refractivity contribution in [2.75, 3.05) is 13.2 Å². The van der Waals surface area contributed by atoms with E-state index in [1.807, 2.05) is 0 Å². The van der Waals surface area contributed by atoms with Crippen LogP contribution in [0.3, 0.4) is 0 Å². The fraction of sp³-hybridized carbons (Fsp3) is 0.588. The van der Waals surface area contributed by atoms with E-state index in [9.17, 15) is 19.5 Å². The van der Waals surface area contributed by atoms with Gasteiger partial charge in [-0.3, -0.25) is 9.59 Å². The zero-order valence-corrected chi connectivity index (χ0v) is 13.6. The first kappa shape index (κ1) is 17.6. The number of hydrogen-bond acceptors (Lipinski definition) is 8. The third-order valence-electron chi connectivity index (χ3n) is 5.34. The molecule has 0 spiro atoms. The van der Waals surface area contributed by atoms with Crippen molar-refractivity contribution in [2.24, 2.45) is 17.3 Å². The first-order chi connectivity index (χ1) is 11.9. The molecule has 0 amide bonds. The molecule has 3 rings (SSSR count). The maximum absolute atomic E-state index is 11.9. The molecule has 0 unspecified atom stereocenters. The van der Waals surface area contributed by atoms with Gasteiger partial charge in [0, 0.05) is 17.4 Å².